The van der Waals surface area contributed by atoms with E-state index in [9.17, 15) is 14.4 Å². The van der Waals surface area contributed by atoms with E-state index in [1.54, 1.807) is 0 Å². The van der Waals surface area contributed by atoms with E-state index >= 15 is 0 Å². The van der Waals surface area contributed by atoms with Crippen molar-refractivity contribution in [3.63, 3.8) is 0 Å². The van der Waals surface area contributed by atoms with Crippen LogP contribution in [0.25, 0.3) is 0 Å². The molecular formula is C15H15IN2O4. The number of imide groups is 1. The van der Waals surface area contributed by atoms with Crippen LogP contribution in [0.15, 0.2) is 24.3 Å². The van der Waals surface area contributed by atoms with E-state index in [0.29, 0.717) is 13.0 Å². The van der Waals surface area contributed by atoms with E-state index in [1.807, 2.05) is 24.3 Å². The van der Waals surface area contributed by atoms with Crippen molar-refractivity contribution in [3.05, 3.63) is 35.4 Å². The standard InChI is InChI=1S/C15H15IN2O4/c16-7-9-1-3-10(4-2-9)12-8-18(15(21)22-12)11-5-6-13(19)17-14(11)20/h1-4,11-12H,5-8H2,(H,17,19,20). The van der Waals surface area contributed by atoms with E-state index in [1.165, 1.54) is 10.5 Å². The van der Waals surface area contributed by atoms with Crippen molar-refractivity contribution in [2.24, 2.45) is 0 Å². The van der Waals surface area contributed by atoms with Gasteiger partial charge in [-0.25, -0.2) is 4.79 Å². The first-order valence-electron chi connectivity index (χ1n) is 7.04. The van der Waals surface area contributed by atoms with Crippen molar-refractivity contribution in [1.29, 1.82) is 0 Å². The number of nitrogens with zero attached hydrogens (tertiary/aromatic N) is 1. The first-order valence-corrected chi connectivity index (χ1v) is 8.57. The van der Waals surface area contributed by atoms with E-state index in [4.69, 9.17) is 4.74 Å². The van der Waals surface area contributed by atoms with Crippen molar-refractivity contribution in [3.8, 4) is 0 Å². The van der Waals surface area contributed by atoms with Crippen molar-refractivity contribution in [2.45, 2.75) is 29.4 Å². The first-order chi connectivity index (χ1) is 10.6. The Bertz CT molecular complexity index is 616. The lowest BCUT2D eigenvalue weighted by Crippen LogP contribution is -2.52. The number of rotatable bonds is 3. The summed E-state index contributed by atoms with van der Waals surface area (Å²) >= 11 is 2.29. The number of piperidine rings is 1. The van der Waals surface area contributed by atoms with Crippen LogP contribution in [0, 0.1) is 0 Å². The molecule has 2 heterocycles. The zero-order valence-corrected chi connectivity index (χ0v) is 13.9. The fourth-order valence-electron chi connectivity index (χ4n) is 2.71. The van der Waals surface area contributed by atoms with Crippen LogP contribution in [0.5, 0.6) is 0 Å². The molecule has 0 radical (unpaired) electrons. The molecule has 0 aliphatic carbocycles. The van der Waals surface area contributed by atoms with Crippen LogP contribution in [-0.4, -0.2) is 35.4 Å². The molecule has 0 spiro atoms. The number of alkyl halides is 1. The van der Waals surface area contributed by atoms with Gasteiger partial charge in [-0.3, -0.25) is 19.8 Å². The molecule has 3 rings (SSSR count). The average molecular weight is 414 g/mol. The molecule has 22 heavy (non-hydrogen) atoms. The molecule has 0 aromatic heterocycles. The summed E-state index contributed by atoms with van der Waals surface area (Å²) in [6.07, 6.45) is -0.284. The van der Waals surface area contributed by atoms with Crippen LogP contribution in [-0.2, 0) is 18.8 Å². The number of carbonyl (C=O) groups is 3. The number of benzene rings is 1. The molecular weight excluding hydrogens is 399 g/mol. The lowest BCUT2D eigenvalue weighted by molar-refractivity contribution is -0.136. The molecule has 2 fully saturated rings. The van der Waals surface area contributed by atoms with Crippen LogP contribution >= 0.6 is 22.6 Å². The Kier molecular flexibility index (Phi) is 4.32. The maximum Gasteiger partial charge on any atom is 0.411 e. The summed E-state index contributed by atoms with van der Waals surface area (Å²) < 4.78 is 6.30. The lowest BCUT2D eigenvalue weighted by atomic mass is 10.0. The fraction of sp³-hybridized carbons (Fsp3) is 0.400. The van der Waals surface area contributed by atoms with E-state index in [2.05, 4.69) is 27.9 Å². The van der Waals surface area contributed by atoms with Gasteiger partial charge >= 0.3 is 6.09 Å². The molecule has 2 atom stereocenters. The summed E-state index contributed by atoms with van der Waals surface area (Å²) in [5.74, 6) is -0.714. The summed E-state index contributed by atoms with van der Waals surface area (Å²) in [5, 5.41) is 2.27. The molecule has 2 aliphatic heterocycles. The molecule has 3 amide bonds. The quantitative estimate of drug-likeness (QED) is 0.466. The highest BCUT2D eigenvalue weighted by atomic mass is 127. The Hall–Kier alpha value is -1.64. The third-order valence-corrected chi connectivity index (χ3v) is 4.81. The third kappa shape index (κ3) is 2.94. The Morgan fingerprint density at radius 1 is 1.23 bits per heavy atom. The maximum atomic E-state index is 12.0. The molecule has 6 nitrogen and oxygen atoms in total. The number of nitrogens with one attached hydrogen (secondary N) is 1. The smallest absolute Gasteiger partial charge is 0.411 e. The van der Waals surface area contributed by atoms with Crippen LogP contribution in [0.2, 0.25) is 0 Å². The van der Waals surface area contributed by atoms with Crippen molar-refractivity contribution in [2.75, 3.05) is 6.54 Å². The third-order valence-electron chi connectivity index (χ3n) is 3.93. The zero-order valence-electron chi connectivity index (χ0n) is 11.8. The van der Waals surface area contributed by atoms with Gasteiger partial charge in [0, 0.05) is 10.8 Å². The molecule has 2 aliphatic rings. The molecule has 2 saturated heterocycles. The summed E-state index contributed by atoms with van der Waals surface area (Å²) in [5.41, 5.74) is 2.12. The summed E-state index contributed by atoms with van der Waals surface area (Å²) in [7, 11) is 0. The molecule has 0 saturated carbocycles. The second-order valence-corrected chi connectivity index (χ2v) is 6.13. The molecule has 1 N–H and O–H groups in total. The van der Waals surface area contributed by atoms with Crippen molar-refractivity contribution in [1.82, 2.24) is 10.2 Å². The number of ether oxygens (including phenoxy) is 1. The zero-order chi connectivity index (χ0) is 15.7. The molecule has 1 aromatic carbocycles. The van der Waals surface area contributed by atoms with Crippen LogP contribution < -0.4 is 5.32 Å². The van der Waals surface area contributed by atoms with Crippen molar-refractivity contribution < 1.29 is 19.1 Å². The normalized spacial score (nSPS) is 25.1. The van der Waals surface area contributed by atoms with Gasteiger partial charge in [-0.1, -0.05) is 46.9 Å². The molecule has 7 heteroatoms. The van der Waals surface area contributed by atoms with Gasteiger partial charge in [0.2, 0.25) is 11.8 Å². The van der Waals surface area contributed by atoms with Crippen molar-refractivity contribution >= 4 is 40.5 Å². The molecule has 2 unspecified atom stereocenters. The number of carbonyl (C=O) groups excluding carboxylic acids is 3. The number of cyclic esters (lactones) is 1. The second-order valence-electron chi connectivity index (χ2n) is 5.37. The van der Waals surface area contributed by atoms with E-state index in [-0.39, 0.29) is 18.4 Å². The van der Waals surface area contributed by atoms with Gasteiger partial charge in [-0.2, -0.15) is 0 Å². The van der Waals surface area contributed by atoms with E-state index in [0.717, 1.165) is 9.99 Å². The van der Waals surface area contributed by atoms with Gasteiger partial charge in [-0.15, -0.1) is 0 Å². The summed E-state index contributed by atoms with van der Waals surface area (Å²) in [4.78, 5) is 36.5. The fourth-order valence-corrected chi connectivity index (χ4v) is 3.22. The Morgan fingerprint density at radius 2 is 1.95 bits per heavy atom. The van der Waals surface area contributed by atoms with Crippen LogP contribution in [0.4, 0.5) is 4.79 Å². The van der Waals surface area contributed by atoms with E-state index < -0.39 is 18.0 Å². The summed E-state index contributed by atoms with van der Waals surface area (Å²) in [6.45, 7) is 0.328. The monoisotopic (exact) mass is 414 g/mol. The maximum absolute atomic E-state index is 12.0. The topological polar surface area (TPSA) is 75.7 Å². The largest absolute Gasteiger partial charge is 0.439 e. The minimum Gasteiger partial charge on any atom is -0.439 e. The number of hydrogen-bond acceptors (Lipinski definition) is 4. The number of amides is 3. The second kappa shape index (κ2) is 6.23. The predicted molar refractivity (Wildman–Crippen MR) is 86.3 cm³/mol. The SMILES string of the molecule is O=C1CCC(N2CC(c3ccc(CI)cc3)OC2=O)C(=O)N1. The minimum absolute atomic E-state index is 0.245. The number of hydrogen-bond donors (Lipinski definition) is 1. The molecule has 0 bridgehead atoms. The van der Waals surface area contributed by atoms with Gasteiger partial charge < -0.3 is 4.74 Å². The molecule has 1 aromatic rings. The Morgan fingerprint density at radius 3 is 2.59 bits per heavy atom. The van der Waals surface area contributed by atoms with Gasteiger partial charge in [0.25, 0.3) is 0 Å². The molecule has 116 valence electrons. The highest BCUT2D eigenvalue weighted by Crippen LogP contribution is 2.29. The average Bonchev–Trinajstić information content (AvgIpc) is 2.89. The predicted octanol–water partition coefficient (Wildman–Crippen LogP) is 1.92. The lowest BCUT2D eigenvalue weighted by Gasteiger charge is -2.27. The summed E-state index contributed by atoms with van der Waals surface area (Å²) in [6, 6.07) is 7.28. The van der Waals surface area contributed by atoms with Gasteiger partial charge in [0.15, 0.2) is 0 Å². The highest BCUT2D eigenvalue weighted by molar-refractivity contribution is 14.1. The van der Waals surface area contributed by atoms with Gasteiger partial charge in [-0.05, 0) is 17.5 Å². The highest BCUT2D eigenvalue weighted by Gasteiger charge is 2.41. The Labute approximate surface area is 141 Å². The van der Waals surface area contributed by atoms with Crippen LogP contribution in [0.1, 0.15) is 30.1 Å². The van der Waals surface area contributed by atoms with Gasteiger partial charge in [0.05, 0.1) is 6.54 Å². The number of halogens is 1. The van der Waals surface area contributed by atoms with Crippen LogP contribution in [0.3, 0.4) is 0 Å². The minimum atomic E-state index is -0.621. The Balaban J connectivity index is 1.72. The van der Waals surface area contributed by atoms with Gasteiger partial charge in [0.1, 0.15) is 12.1 Å². The first kappa shape index (κ1) is 15.3.